The third kappa shape index (κ3) is 5.43. The molecule has 2 rings (SSSR count). The lowest BCUT2D eigenvalue weighted by atomic mass is 10.1. The molecule has 136 valence electrons. The molecule has 9 heteroatoms. The number of carbonyl (C=O) groups is 2. The van der Waals surface area contributed by atoms with Crippen LogP contribution in [0.15, 0.2) is 24.3 Å². The van der Waals surface area contributed by atoms with Gasteiger partial charge in [-0.05, 0) is 12.1 Å². The zero-order chi connectivity index (χ0) is 16.1. The second kappa shape index (κ2) is 10.2. The molecule has 7 nitrogen and oxygen atoms in total. The van der Waals surface area contributed by atoms with Gasteiger partial charge in [-0.2, -0.15) is 0 Å². The molecule has 1 fully saturated rings. The number of piperazine rings is 1. The number of rotatable bonds is 5. The summed E-state index contributed by atoms with van der Waals surface area (Å²) in [6.45, 7) is 2.50. The number of hydrogen-bond donors (Lipinski definition) is 2. The minimum Gasteiger partial charge on any atom is -0.495 e. The molecule has 1 aliphatic rings. The Morgan fingerprint density at radius 2 is 1.75 bits per heavy atom. The number of carbonyl (C=O) groups excluding carboxylic acids is 2. The fourth-order valence-corrected chi connectivity index (χ4v) is 2.60. The van der Waals surface area contributed by atoms with E-state index in [-0.39, 0.29) is 37.1 Å². The first-order valence-electron chi connectivity index (χ1n) is 7.23. The smallest absolute Gasteiger partial charge is 0.240 e. The van der Waals surface area contributed by atoms with Crippen LogP contribution in [0.1, 0.15) is 6.42 Å². The maximum atomic E-state index is 12.1. The Morgan fingerprint density at radius 3 is 2.29 bits per heavy atom. The summed E-state index contributed by atoms with van der Waals surface area (Å²) in [4.78, 5) is 26.9. The minimum absolute atomic E-state index is 0. The molecule has 1 atom stereocenters. The van der Waals surface area contributed by atoms with Crippen molar-refractivity contribution in [3.05, 3.63) is 24.3 Å². The Bertz CT molecular complexity index is 551. The van der Waals surface area contributed by atoms with Gasteiger partial charge in [0, 0.05) is 26.2 Å². The predicted molar refractivity (Wildman–Crippen MR) is 98.1 cm³/mol. The summed E-state index contributed by atoms with van der Waals surface area (Å²) in [7, 11) is 1.64. The van der Waals surface area contributed by atoms with Crippen molar-refractivity contribution in [1.29, 1.82) is 0 Å². The number of benzene rings is 1. The molecule has 0 radical (unpaired) electrons. The van der Waals surface area contributed by atoms with Gasteiger partial charge in [0.05, 0.1) is 25.3 Å². The van der Waals surface area contributed by atoms with Crippen molar-refractivity contribution < 1.29 is 14.3 Å². The normalized spacial score (nSPS) is 14.9. The first-order chi connectivity index (χ1) is 10.5. The standard InChI is InChI=1S/C15H22N4O3.2ClH/c1-22-13-5-3-2-4-12(13)18-6-8-19(9-7-18)15(21)11(16)10-14(17)20;;/h2-5,11H,6-10,16H2,1H3,(H2,17,20);2*1H. The summed E-state index contributed by atoms with van der Waals surface area (Å²) in [6.07, 6.45) is -0.119. The number of methoxy groups -OCH3 is 1. The van der Waals surface area contributed by atoms with E-state index >= 15 is 0 Å². The van der Waals surface area contributed by atoms with Crippen molar-refractivity contribution in [3.8, 4) is 5.75 Å². The zero-order valence-electron chi connectivity index (χ0n) is 13.5. The average Bonchev–Trinajstić information content (AvgIpc) is 2.53. The van der Waals surface area contributed by atoms with E-state index < -0.39 is 11.9 Å². The fourth-order valence-electron chi connectivity index (χ4n) is 2.60. The zero-order valence-corrected chi connectivity index (χ0v) is 15.1. The van der Waals surface area contributed by atoms with Gasteiger partial charge in [-0.25, -0.2) is 0 Å². The summed E-state index contributed by atoms with van der Waals surface area (Å²) < 4.78 is 5.36. The Morgan fingerprint density at radius 1 is 1.17 bits per heavy atom. The Labute approximate surface area is 154 Å². The summed E-state index contributed by atoms with van der Waals surface area (Å²) in [5.74, 6) is 0.0275. The summed E-state index contributed by atoms with van der Waals surface area (Å²) in [6, 6.07) is 6.93. The van der Waals surface area contributed by atoms with Crippen LogP contribution in [0.3, 0.4) is 0 Å². The Kier molecular flexibility index (Phi) is 9.50. The molecule has 0 aromatic heterocycles. The molecule has 1 aliphatic heterocycles. The summed E-state index contributed by atoms with van der Waals surface area (Å²) in [5.41, 5.74) is 11.8. The Hall–Kier alpha value is -1.70. The van der Waals surface area contributed by atoms with E-state index in [4.69, 9.17) is 16.2 Å². The first-order valence-corrected chi connectivity index (χ1v) is 7.23. The van der Waals surface area contributed by atoms with Crippen LogP contribution in [-0.4, -0.2) is 56.0 Å². The molecule has 1 aromatic rings. The van der Waals surface area contributed by atoms with Gasteiger partial charge < -0.3 is 26.0 Å². The lowest BCUT2D eigenvalue weighted by molar-refractivity contribution is -0.134. The van der Waals surface area contributed by atoms with Crippen LogP contribution in [0.5, 0.6) is 5.75 Å². The molecular weight excluding hydrogens is 355 g/mol. The lowest BCUT2D eigenvalue weighted by Gasteiger charge is -2.37. The van der Waals surface area contributed by atoms with Crippen molar-refractivity contribution in [3.63, 3.8) is 0 Å². The quantitative estimate of drug-likeness (QED) is 0.771. The van der Waals surface area contributed by atoms with E-state index in [1.54, 1.807) is 12.0 Å². The van der Waals surface area contributed by atoms with E-state index in [1.165, 1.54) is 0 Å². The molecule has 1 saturated heterocycles. The fraction of sp³-hybridized carbons (Fsp3) is 0.467. The van der Waals surface area contributed by atoms with Crippen LogP contribution in [0, 0.1) is 0 Å². The van der Waals surface area contributed by atoms with Gasteiger partial charge >= 0.3 is 0 Å². The second-order valence-electron chi connectivity index (χ2n) is 5.26. The van der Waals surface area contributed by atoms with Gasteiger partial charge in [-0.15, -0.1) is 24.8 Å². The van der Waals surface area contributed by atoms with Crippen LogP contribution in [-0.2, 0) is 9.59 Å². The molecule has 0 saturated carbocycles. The van der Waals surface area contributed by atoms with Gasteiger partial charge in [0.2, 0.25) is 11.8 Å². The molecule has 1 heterocycles. The summed E-state index contributed by atoms with van der Waals surface area (Å²) >= 11 is 0. The van der Waals surface area contributed by atoms with E-state index in [2.05, 4.69) is 4.90 Å². The van der Waals surface area contributed by atoms with Crippen molar-refractivity contribution in [1.82, 2.24) is 4.90 Å². The molecule has 24 heavy (non-hydrogen) atoms. The van der Waals surface area contributed by atoms with E-state index in [0.717, 1.165) is 11.4 Å². The van der Waals surface area contributed by atoms with Crippen LogP contribution < -0.4 is 21.1 Å². The van der Waals surface area contributed by atoms with Crippen molar-refractivity contribution >= 4 is 42.3 Å². The molecule has 4 N–H and O–H groups in total. The Balaban J connectivity index is 0.00000264. The van der Waals surface area contributed by atoms with Gasteiger partial charge in [0.15, 0.2) is 0 Å². The van der Waals surface area contributed by atoms with E-state index in [1.807, 2.05) is 24.3 Å². The maximum Gasteiger partial charge on any atom is 0.240 e. The minimum atomic E-state index is -0.852. The third-order valence-corrected chi connectivity index (χ3v) is 3.76. The SMILES string of the molecule is COc1ccccc1N1CCN(C(=O)C(N)CC(N)=O)CC1.Cl.Cl. The first kappa shape index (κ1) is 22.3. The molecule has 0 aliphatic carbocycles. The topological polar surface area (TPSA) is 102 Å². The number of nitrogens with zero attached hydrogens (tertiary/aromatic N) is 2. The predicted octanol–water partition coefficient (Wildman–Crippen LogP) is 0.390. The second-order valence-corrected chi connectivity index (χ2v) is 5.26. The van der Waals surface area contributed by atoms with E-state index in [9.17, 15) is 9.59 Å². The summed E-state index contributed by atoms with van der Waals surface area (Å²) in [5, 5.41) is 0. The molecule has 0 bridgehead atoms. The molecule has 1 unspecified atom stereocenters. The molecular formula is C15H24Cl2N4O3. The highest BCUT2D eigenvalue weighted by molar-refractivity contribution is 5.87. The van der Waals surface area contributed by atoms with Gasteiger partial charge in [0.1, 0.15) is 5.75 Å². The lowest BCUT2D eigenvalue weighted by Crippen LogP contribution is -2.53. The number of hydrogen-bond acceptors (Lipinski definition) is 5. The van der Waals surface area contributed by atoms with E-state index in [0.29, 0.717) is 26.2 Å². The number of ether oxygens (including phenoxy) is 1. The largest absolute Gasteiger partial charge is 0.495 e. The van der Waals surface area contributed by atoms with Crippen LogP contribution in [0.4, 0.5) is 5.69 Å². The number of para-hydroxylation sites is 2. The highest BCUT2D eigenvalue weighted by Crippen LogP contribution is 2.28. The van der Waals surface area contributed by atoms with Crippen LogP contribution >= 0.6 is 24.8 Å². The van der Waals surface area contributed by atoms with Crippen LogP contribution in [0.25, 0.3) is 0 Å². The van der Waals surface area contributed by atoms with Crippen molar-refractivity contribution in [2.75, 3.05) is 38.2 Å². The number of amides is 2. The third-order valence-electron chi connectivity index (χ3n) is 3.76. The highest BCUT2D eigenvalue weighted by atomic mass is 35.5. The average molecular weight is 379 g/mol. The number of halogens is 2. The number of primary amides is 1. The van der Waals surface area contributed by atoms with Crippen LogP contribution in [0.2, 0.25) is 0 Å². The van der Waals surface area contributed by atoms with Gasteiger partial charge in [-0.1, -0.05) is 12.1 Å². The number of nitrogens with two attached hydrogens (primary N) is 2. The molecule has 0 spiro atoms. The van der Waals surface area contributed by atoms with Gasteiger partial charge in [0.25, 0.3) is 0 Å². The molecule has 2 amide bonds. The van der Waals surface area contributed by atoms with Crippen molar-refractivity contribution in [2.24, 2.45) is 11.5 Å². The maximum absolute atomic E-state index is 12.1. The van der Waals surface area contributed by atoms with Crippen molar-refractivity contribution in [2.45, 2.75) is 12.5 Å². The van der Waals surface area contributed by atoms with Gasteiger partial charge in [-0.3, -0.25) is 9.59 Å². The number of anilines is 1. The molecule has 1 aromatic carbocycles. The monoisotopic (exact) mass is 378 g/mol. The highest BCUT2D eigenvalue weighted by Gasteiger charge is 2.26.